The summed E-state index contributed by atoms with van der Waals surface area (Å²) in [5.74, 6) is -1.31. The molecule has 0 radical (unpaired) electrons. The number of aromatic carboxylic acids is 1. The molecule has 4 rings (SSSR count). The minimum Gasteiger partial charge on any atom is -0.478 e. The molecule has 0 aliphatic heterocycles. The number of nitrogens with zero attached hydrogens (tertiary/aromatic N) is 2. The quantitative estimate of drug-likeness (QED) is 0.509. The Kier molecular flexibility index (Phi) is 5.27. The molecule has 0 saturated heterocycles. The first-order valence-electron chi connectivity index (χ1n) is 9.12. The van der Waals surface area contributed by atoms with Gasteiger partial charge >= 0.3 is 5.97 Å². The van der Waals surface area contributed by atoms with Crippen LogP contribution in [0, 0.1) is 6.92 Å². The summed E-state index contributed by atoms with van der Waals surface area (Å²) in [5, 5.41) is 13.4. The molecule has 1 heterocycles. The van der Waals surface area contributed by atoms with Crippen LogP contribution in [0.15, 0.2) is 81.4 Å². The molecule has 0 unspecified atom stereocenters. The van der Waals surface area contributed by atoms with Gasteiger partial charge in [-0.2, -0.15) is 8.42 Å². The smallest absolute Gasteiger partial charge is 0.337 e. The second-order valence-electron chi connectivity index (χ2n) is 6.75. The maximum Gasteiger partial charge on any atom is 0.337 e. The van der Waals surface area contributed by atoms with E-state index < -0.39 is 16.0 Å². The van der Waals surface area contributed by atoms with E-state index >= 15 is 0 Å². The van der Waals surface area contributed by atoms with Gasteiger partial charge in [0.05, 0.1) is 12.1 Å². The molecule has 8 heteroatoms. The van der Waals surface area contributed by atoms with Gasteiger partial charge in [-0.3, -0.25) is 0 Å². The number of aryl methyl sites for hydroxylation is 1. The summed E-state index contributed by atoms with van der Waals surface area (Å²) >= 11 is 1.21. The van der Waals surface area contributed by atoms with Crippen LogP contribution in [0.3, 0.4) is 0 Å². The zero-order valence-corrected chi connectivity index (χ0v) is 17.7. The third kappa shape index (κ3) is 3.79. The van der Waals surface area contributed by atoms with Gasteiger partial charge in [-0.1, -0.05) is 54.6 Å². The minimum atomic E-state index is -4.20. The molecule has 0 amide bonds. The number of rotatable bonds is 5. The average molecular weight is 439 g/mol. The summed E-state index contributed by atoms with van der Waals surface area (Å²) in [4.78, 5) is 11.4. The Balaban J connectivity index is 1.83. The number of fused-ring (bicyclic) bond motifs is 1. The lowest BCUT2D eigenvalue weighted by Gasteiger charge is -2.10. The van der Waals surface area contributed by atoms with Crippen LogP contribution in [0.25, 0.3) is 10.8 Å². The van der Waals surface area contributed by atoms with Crippen LogP contribution in [0.1, 0.15) is 21.6 Å². The Morgan fingerprint density at radius 3 is 2.53 bits per heavy atom. The van der Waals surface area contributed by atoms with E-state index in [9.17, 15) is 18.3 Å². The highest BCUT2D eigenvalue weighted by Crippen LogP contribution is 2.21. The van der Waals surface area contributed by atoms with E-state index in [1.54, 1.807) is 0 Å². The molecule has 3 aromatic carbocycles. The molecule has 152 valence electrons. The highest BCUT2D eigenvalue weighted by molar-refractivity contribution is 7.90. The number of thiazole rings is 1. The van der Waals surface area contributed by atoms with Crippen molar-refractivity contribution in [3.63, 3.8) is 0 Å². The van der Waals surface area contributed by atoms with Crippen molar-refractivity contribution in [3.05, 3.63) is 93.7 Å². The van der Waals surface area contributed by atoms with Crippen LogP contribution in [0.5, 0.6) is 0 Å². The molecule has 30 heavy (non-hydrogen) atoms. The van der Waals surface area contributed by atoms with Gasteiger partial charge < -0.3 is 9.67 Å². The van der Waals surface area contributed by atoms with E-state index in [-0.39, 0.29) is 10.5 Å². The molecule has 0 aliphatic carbocycles. The zero-order valence-electron chi connectivity index (χ0n) is 16.0. The number of aromatic nitrogens is 1. The van der Waals surface area contributed by atoms with Gasteiger partial charge in [0.25, 0.3) is 10.0 Å². The van der Waals surface area contributed by atoms with Crippen LogP contribution in [-0.4, -0.2) is 24.1 Å². The molecule has 0 atom stereocenters. The summed E-state index contributed by atoms with van der Waals surface area (Å²) in [6.45, 7) is 2.34. The van der Waals surface area contributed by atoms with Crippen LogP contribution < -0.4 is 4.80 Å². The summed E-state index contributed by atoms with van der Waals surface area (Å²) < 4.78 is 31.7. The zero-order chi connectivity index (χ0) is 21.3. The van der Waals surface area contributed by atoms with Crippen molar-refractivity contribution in [2.75, 3.05) is 0 Å². The van der Waals surface area contributed by atoms with Gasteiger partial charge in [0, 0.05) is 11.1 Å². The first-order chi connectivity index (χ1) is 14.4. The maximum atomic E-state index is 12.9. The average Bonchev–Trinajstić information content (AvgIpc) is 3.07. The normalized spacial score (nSPS) is 12.4. The van der Waals surface area contributed by atoms with Crippen LogP contribution in [0.4, 0.5) is 0 Å². The van der Waals surface area contributed by atoms with E-state index in [0.29, 0.717) is 11.3 Å². The van der Waals surface area contributed by atoms with E-state index in [4.69, 9.17) is 0 Å². The van der Waals surface area contributed by atoms with E-state index in [0.717, 1.165) is 22.0 Å². The molecule has 6 nitrogen and oxygen atoms in total. The largest absolute Gasteiger partial charge is 0.478 e. The molecular weight excluding hydrogens is 420 g/mol. The monoisotopic (exact) mass is 438 g/mol. The second kappa shape index (κ2) is 7.89. The number of carbonyl (C=O) groups is 1. The summed E-state index contributed by atoms with van der Waals surface area (Å²) in [6.07, 6.45) is 0. The SMILES string of the molecule is Cc1csc(=NS(=O)(=O)c2ccccc2C(=O)O)n1Cc1cccc2ccccc12. The number of carboxylic acids is 1. The highest BCUT2D eigenvalue weighted by Gasteiger charge is 2.21. The van der Waals surface area contributed by atoms with E-state index in [1.807, 2.05) is 59.3 Å². The highest BCUT2D eigenvalue weighted by atomic mass is 32.2. The second-order valence-corrected chi connectivity index (χ2v) is 9.16. The fourth-order valence-electron chi connectivity index (χ4n) is 3.30. The Bertz CT molecular complexity index is 1430. The summed E-state index contributed by atoms with van der Waals surface area (Å²) in [6, 6.07) is 19.5. The molecule has 0 aliphatic rings. The Morgan fingerprint density at radius 1 is 1.03 bits per heavy atom. The predicted octanol–water partition coefficient (Wildman–Crippen LogP) is 4.05. The fraction of sp³-hybridized carbons (Fsp3) is 0.0909. The number of hydrogen-bond acceptors (Lipinski definition) is 4. The molecule has 4 aromatic rings. The van der Waals surface area contributed by atoms with E-state index in [1.165, 1.54) is 35.6 Å². The fourth-order valence-corrected chi connectivity index (χ4v) is 5.59. The van der Waals surface area contributed by atoms with Crippen molar-refractivity contribution in [2.24, 2.45) is 4.40 Å². The minimum absolute atomic E-state index is 0.292. The van der Waals surface area contributed by atoms with Crippen LogP contribution in [-0.2, 0) is 16.6 Å². The van der Waals surface area contributed by atoms with Crippen molar-refractivity contribution >= 4 is 38.1 Å². The molecule has 1 N–H and O–H groups in total. The lowest BCUT2D eigenvalue weighted by molar-refractivity contribution is 0.0692. The summed E-state index contributed by atoms with van der Waals surface area (Å²) in [7, 11) is -4.20. The van der Waals surface area contributed by atoms with Gasteiger partial charge in [-0.05, 0) is 35.4 Å². The van der Waals surface area contributed by atoms with Crippen LogP contribution in [0.2, 0.25) is 0 Å². The molecular formula is C22H18N2O4S2. The summed E-state index contributed by atoms with van der Waals surface area (Å²) in [5.41, 5.74) is 1.61. The molecule has 0 spiro atoms. The van der Waals surface area contributed by atoms with Gasteiger partial charge in [-0.15, -0.1) is 15.7 Å². The molecule has 0 saturated carbocycles. The molecule has 0 fully saturated rings. The van der Waals surface area contributed by atoms with Crippen LogP contribution >= 0.6 is 11.3 Å². The van der Waals surface area contributed by atoms with Gasteiger partial charge in [0.1, 0.15) is 4.90 Å². The predicted molar refractivity (Wildman–Crippen MR) is 116 cm³/mol. The number of carboxylic acid groups (broad SMARTS) is 1. The first-order valence-corrected chi connectivity index (χ1v) is 11.4. The third-order valence-electron chi connectivity index (χ3n) is 4.79. The first kappa shape index (κ1) is 20.1. The number of hydrogen-bond donors (Lipinski definition) is 1. The number of benzene rings is 3. The Labute approximate surface area is 177 Å². The maximum absolute atomic E-state index is 12.9. The number of sulfonamides is 1. The van der Waals surface area contributed by atoms with E-state index in [2.05, 4.69) is 4.40 Å². The molecule has 0 bridgehead atoms. The lowest BCUT2D eigenvalue weighted by Crippen LogP contribution is -2.20. The van der Waals surface area contributed by atoms with Gasteiger partial charge in [-0.25, -0.2) is 4.79 Å². The van der Waals surface area contributed by atoms with Crippen molar-refractivity contribution in [3.8, 4) is 0 Å². The third-order valence-corrected chi connectivity index (χ3v) is 7.22. The van der Waals surface area contributed by atoms with Crippen molar-refractivity contribution < 1.29 is 18.3 Å². The topological polar surface area (TPSA) is 88.7 Å². The van der Waals surface area contributed by atoms with Crippen molar-refractivity contribution in [1.82, 2.24) is 4.57 Å². The van der Waals surface area contributed by atoms with Crippen molar-refractivity contribution in [2.45, 2.75) is 18.4 Å². The Hall–Kier alpha value is -3.23. The van der Waals surface area contributed by atoms with Gasteiger partial charge in [0.15, 0.2) is 0 Å². The Morgan fingerprint density at radius 2 is 1.73 bits per heavy atom. The lowest BCUT2D eigenvalue weighted by atomic mass is 10.0. The molecule has 1 aromatic heterocycles. The standard InChI is InChI=1S/C22H18N2O4S2/c1-15-14-29-22(23-30(27,28)20-12-5-4-11-19(20)21(25)26)24(15)13-17-9-6-8-16-7-2-3-10-18(16)17/h2-12,14H,13H2,1H3,(H,25,26). The van der Waals surface area contributed by atoms with Crippen molar-refractivity contribution in [1.29, 1.82) is 0 Å². The van der Waals surface area contributed by atoms with Gasteiger partial charge in [0.2, 0.25) is 4.80 Å².